The smallest absolute Gasteiger partial charge is 0.262 e. The Kier molecular flexibility index (Phi) is 5.24. The number of hydrogen-bond acceptors (Lipinski definition) is 3. The van der Waals surface area contributed by atoms with E-state index in [2.05, 4.69) is 10.6 Å². The minimum absolute atomic E-state index is 0.0445. The molecule has 0 radical (unpaired) electrons. The van der Waals surface area contributed by atoms with Gasteiger partial charge in [-0.1, -0.05) is 42.5 Å². The highest BCUT2D eigenvalue weighted by molar-refractivity contribution is 5.92. The van der Waals surface area contributed by atoms with Crippen LogP contribution < -0.4 is 15.4 Å². The van der Waals surface area contributed by atoms with Crippen LogP contribution in [0, 0.1) is 0 Å². The number of nitrogens with one attached hydrogen (secondary N) is 2. The van der Waals surface area contributed by atoms with Crippen LogP contribution in [0.2, 0.25) is 0 Å². The number of carbonyl (C=O) groups excluding carboxylic acids is 2. The van der Waals surface area contributed by atoms with E-state index in [9.17, 15) is 9.59 Å². The third-order valence-corrected chi connectivity index (χ3v) is 4.64. The number of hydrogen-bond donors (Lipinski definition) is 2. The summed E-state index contributed by atoms with van der Waals surface area (Å²) < 4.78 is 5.60. The Morgan fingerprint density at radius 1 is 0.893 bits per heavy atom. The number of fused-ring (bicyclic) bond motifs is 1. The van der Waals surface area contributed by atoms with Crippen molar-refractivity contribution in [1.82, 2.24) is 5.32 Å². The molecule has 0 aliphatic heterocycles. The topological polar surface area (TPSA) is 67.4 Å². The Hall–Kier alpha value is -3.34. The fraction of sp³-hybridized carbons (Fsp3) is 0.217. The Bertz CT molecular complexity index is 994. The molecule has 0 atom stereocenters. The molecule has 3 aromatic carbocycles. The molecule has 142 valence electrons. The monoisotopic (exact) mass is 374 g/mol. The van der Waals surface area contributed by atoms with Crippen LogP contribution in [-0.4, -0.2) is 24.5 Å². The minimum atomic E-state index is -0.229. The van der Waals surface area contributed by atoms with Gasteiger partial charge in [-0.25, -0.2) is 0 Å². The van der Waals surface area contributed by atoms with E-state index in [0.717, 1.165) is 29.2 Å². The molecule has 0 bridgehead atoms. The highest BCUT2D eigenvalue weighted by Gasteiger charge is 2.23. The standard InChI is InChI=1S/C23H22N2O3/c26-22(24-20-10-11-20)13-16-5-8-19(9-6-16)25-23(27)15-28-21-12-7-17-3-1-2-4-18(17)14-21/h1-9,12,14,20H,10-11,13,15H2,(H,24,26)(H,25,27). The van der Waals surface area contributed by atoms with Gasteiger partial charge in [-0.05, 0) is 53.4 Å². The summed E-state index contributed by atoms with van der Waals surface area (Å²) in [6, 6.07) is 21.4. The molecule has 0 spiro atoms. The zero-order chi connectivity index (χ0) is 19.3. The first-order valence-electron chi connectivity index (χ1n) is 9.45. The average Bonchev–Trinajstić information content (AvgIpc) is 3.51. The van der Waals surface area contributed by atoms with Gasteiger partial charge in [-0.3, -0.25) is 9.59 Å². The predicted octanol–water partition coefficient (Wildman–Crippen LogP) is 3.68. The number of rotatable bonds is 7. The van der Waals surface area contributed by atoms with Gasteiger partial charge in [0.2, 0.25) is 5.91 Å². The van der Waals surface area contributed by atoms with Crippen LogP contribution in [0.3, 0.4) is 0 Å². The summed E-state index contributed by atoms with van der Waals surface area (Å²) in [5, 5.41) is 7.98. The lowest BCUT2D eigenvalue weighted by Gasteiger charge is -2.09. The van der Waals surface area contributed by atoms with E-state index in [1.807, 2.05) is 54.6 Å². The lowest BCUT2D eigenvalue weighted by molar-refractivity contribution is -0.120. The van der Waals surface area contributed by atoms with Gasteiger partial charge in [-0.2, -0.15) is 0 Å². The molecule has 1 aliphatic rings. The fourth-order valence-electron chi connectivity index (χ4n) is 3.00. The van der Waals surface area contributed by atoms with Gasteiger partial charge >= 0.3 is 0 Å². The van der Waals surface area contributed by atoms with Crippen molar-refractivity contribution in [2.45, 2.75) is 25.3 Å². The third-order valence-electron chi connectivity index (χ3n) is 4.64. The van der Waals surface area contributed by atoms with Crippen molar-refractivity contribution in [1.29, 1.82) is 0 Å². The van der Waals surface area contributed by atoms with E-state index in [4.69, 9.17) is 4.74 Å². The third kappa shape index (κ3) is 4.88. The number of benzene rings is 3. The van der Waals surface area contributed by atoms with Crippen molar-refractivity contribution < 1.29 is 14.3 Å². The maximum absolute atomic E-state index is 12.1. The van der Waals surface area contributed by atoms with E-state index < -0.39 is 0 Å². The summed E-state index contributed by atoms with van der Waals surface area (Å²) in [6.07, 6.45) is 2.52. The molecular weight excluding hydrogens is 352 g/mol. The van der Waals surface area contributed by atoms with Gasteiger partial charge in [-0.15, -0.1) is 0 Å². The zero-order valence-corrected chi connectivity index (χ0v) is 15.5. The van der Waals surface area contributed by atoms with Crippen molar-refractivity contribution in [2.24, 2.45) is 0 Å². The van der Waals surface area contributed by atoms with Gasteiger partial charge in [0.05, 0.1) is 6.42 Å². The first-order chi connectivity index (χ1) is 13.7. The van der Waals surface area contributed by atoms with E-state index in [0.29, 0.717) is 23.9 Å². The Morgan fingerprint density at radius 3 is 2.39 bits per heavy atom. The fourth-order valence-corrected chi connectivity index (χ4v) is 3.00. The lowest BCUT2D eigenvalue weighted by atomic mass is 10.1. The summed E-state index contributed by atoms with van der Waals surface area (Å²) in [5.41, 5.74) is 1.60. The van der Waals surface area contributed by atoms with Crippen molar-refractivity contribution in [3.8, 4) is 5.75 Å². The molecule has 1 saturated carbocycles. The predicted molar refractivity (Wildman–Crippen MR) is 109 cm³/mol. The van der Waals surface area contributed by atoms with Crippen LogP contribution in [0.15, 0.2) is 66.7 Å². The molecule has 28 heavy (non-hydrogen) atoms. The lowest BCUT2D eigenvalue weighted by Crippen LogP contribution is -2.26. The summed E-state index contributed by atoms with van der Waals surface area (Å²) >= 11 is 0. The van der Waals surface area contributed by atoms with Crippen LogP contribution in [0.4, 0.5) is 5.69 Å². The Balaban J connectivity index is 1.27. The molecule has 0 aromatic heterocycles. The van der Waals surface area contributed by atoms with Crippen molar-refractivity contribution >= 4 is 28.3 Å². The van der Waals surface area contributed by atoms with Gasteiger partial charge in [0, 0.05) is 11.7 Å². The van der Waals surface area contributed by atoms with Crippen LogP contribution in [0.25, 0.3) is 10.8 Å². The molecule has 5 heteroatoms. The quantitative estimate of drug-likeness (QED) is 0.663. The maximum Gasteiger partial charge on any atom is 0.262 e. The molecule has 2 amide bonds. The SMILES string of the molecule is O=C(COc1ccc2ccccc2c1)Nc1ccc(CC(=O)NC2CC2)cc1. The molecule has 3 aromatic rings. The molecule has 0 heterocycles. The van der Waals surface area contributed by atoms with Crippen molar-refractivity contribution in [3.63, 3.8) is 0 Å². The molecule has 0 unspecified atom stereocenters. The van der Waals surface area contributed by atoms with Gasteiger partial charge < -0.3 is 15.4 Å². The number of anilines is 1. The van der Waals surface area contributed by atoms with E-state index >= 15 is 0 Å². The Labute approximate surface area is 163 Å². The van der Waals surface area contributed by atoms with E-state index in [1.54, 1.807) is 12.1 Å². The summed E-state index contributed by atoms with van der Waals surface area (Å²) in [6.45, 7) is -0.0656. The van der Waals surface area contributed by atoms with E-state index in [-0.39, 0.29) is 18.4 Å². The summed E-state index contributed by atoms with van der Waals surface area (Å²) in [7, 11) is 0. The molecule has 4 rings (SSSR count). The Morgan fingerprint density at radius 2 is 1.64 bits per heavy atom. The van der Waals surface area contributed by atoms with Gasteiger partial charge in [0.25, 0.3) is 5.91 Å². The van der Waals surface area contributed by atoms with Crippen LogP contribution in [0.1, 0.15) is 18.4 Å². The number of amides is 2. The first-order valence-corrected chi connectivity index (χ1v) is 9.45. The molecule has 5 nitrogen and oxygen atoms in total. The second-order valence-electron chi connectivity index (χ2n) is 7.06. The van der Waals surface area contributed by atoms with Crippen LogP contribution >= 0.6 is 0 Å². The summed E-state index contributed by atoms with van der Waals surface area (Å²) in [5.74, 6) is 0.473. The second kappa shape index (κ2) is 8.13. The zero-order valence-electron chi connectivity index (χ0n) is 15.5. The summed E-state index contributed by atoms with van der Waals surface area (Å²) in [4.78, 5) is 24.0. The first kappa shape index (κ1) is 18.0. The molecule has 1 aliphatic carbocycles. The molecule has 2 N–H and O–H groups in total. The van der Waals surface area contributed by atoms with Crippen molar-refractivity contribution in [2.75, 3.05) is 11.9 Å². The second-order valence-corrected chi connectivity index (χ2v) is 7.06. The van der Waals surface area contributed by atoms with Gasteiger partial charge in [0.1, 0.15) is 5.75 Å². The van der Waals surface area contributed by atoms with Crippen LogP contribution in [0.5, 0.6) is 5.75 Å². The minimum Gasteiger partial charge on any atom is -0.484 e. The van der Waals surface area contributed by atoms with Gasteiger partial charge in [0.15, 0.2) is 6.61 Å². The number of carbonyl (C=O) groups is 2. The van der Waals surface area contributed by atoms with Crippen LogP contribution in [-0.2, 0) is 16.0 Å². The highest BCUT2D eigenvalue weighted by Crippen LogP contribution is 2.21. The largest absolute Gasteiger partial charge is 0.484 e. The number of ether oxygens (including phenoxy) is 1. The van der Waals surface area contributed by atoms with E-state index in [1.165, 1.54) is 0 Å². The van der Waals surface area contributed by atoms with Crippen molar-refractivity contribution in [3.05, 3.63) is 72.3 Å². The molecule has 0 saturated heterocycles. The molecular formula is C23H22N2O3. The highest BCUT2D eigenvalue weighted by atomic mass is 16.5. The average molecular weight is 374 g/mol. The molecule has 1 fully saturated rings. The maximum atomic E-state index is 12.1. The normalized spacial score (nSPS) is 13.1.